The van der Waals surface area contributed by atoms with E-state index in [4.69, 9.17) is 9.52 Å². The number of halogens is 1. The van der Waals surface area contributed by atoms with Crippen LogP contribution in [0.4, 0.5) is 10.2 Å². The maximum atomic E-state index is 13.8. The molecule has 0 aliphatic carbocycles. The lowest BCUT2D eigenvalue weighted by Gasteiger charge is -2.24. The lowest BCUT2D eigenvalue weighted by atomic mass is 9.87. The van der Waals surface area contributed by atoms with Gasteiger partial charge in [-0.15, -0.1) is 11.8 Å². The van der Waals surface area contributed by atoms with Gasteiger partial charge in [-0.1, -0.05) is 20.8 Å². The minimum absolute atomic E-state index is 0.148. The average molecular weight is 539 g/mol. The highest BCUT2D eigenvalue weighted by molar-refractivity contribution is 8.00. The van der Waals surface area contributed by atoms with Gasteiger partial charge in [-0.3, -0.25) is 14.5 Å². The SMILES string of the molecule is CC(C)(C)c1nn(-c2ccc(F)cc2)c2c1C(c1ccsc1)SCC(=O)N2CC(=O)NCc1ccco1. The van der Waals surface area contributed by atoms with Crippen molar-refractivity contribution in [2.24, 2.45) is 0 Å². The summed E-state index contributed by atoms with van der Waals surface area (Å²) >= 11 is 3.13. The van der Waals surface area contributed by atoms with Gasteiger partial charge in [0.05, 0.1) is 35.2 Å². The normalized spacial score (nSPS) is 15.9. The molecule has 0 fully saturated rings. The van der Waals surface area contributed by atoms with Crippen LogP contribution in [0.5, 0.6) is 0 Å². The van der Waals surface area contributed by atoms with E-state index in [1.807, 2.05) is 5.38 Å². The number of anilines is 1. The molecule has 10 heteroatoms. The fraction of sp³-hybridized carbons (Fsp3) is 0.296. The van der Waals surface area contributed by atoms with Crippen LogP contribution in [0, 0.1) is 5.82 Å². The van der Waals surface area contributed by atoms with Crippen molar-refractivity contribution >= 4 is 40.7 Å². The van der Waals surface area contributed by atoms with E-state index < -0.39 is 0 Å². The standard InChI is InChI=1S/C27H27FN4O3S2/c1-27(2,3)25-23-24(17-10-12-36-15-17)37-16-22(34)31(14-21(33)29-13-20-5-4-11-35-20)26(23)32(30-25)19-8-6-18(28)7-9-19/h4-12,15,24H,13-14,16H2,1-3H3,(H,29,33). The summed E-state index contributed by atoms with van der Waals surface area (Å²) in [5.41, 5.74) is 3.05. The zero-order chi connectivity index (χ0) is 26.2. The molecule has 0 radical (unpaired) electrons. The predicted molar refractivity (Wildman–Crippen MR) is 144 cm³/mol. The number of thiophene rings is 1. The Labute approximate surface area is 222 Å². The van der Waals surface area contributed by atoms with Crippen molar-refractivity contribution < 1.29 is 18.4 Å². The molecule has 7 nitrogen and oxygen atoms in total. The fourth-order valence-electron chi connectivity index (χ4n) is 4.32. The van der Waals surface area contributed by atoms with Gasteiger partial charge in [0.2, 0.25) is 11.8 Å². The van der Waals surface area contributed by atoms with Crippen LogP contribution >= 0.6 is 23.1 Å². The number of nitrogens with zero attached hydrogens (tertiary/aromatic N) is 3. The van der Waals surface area contributed by atoms with Gasteiger partial charge >= 0.3 is 0 Å². The molecule has 1 aliphatic rings. The maximum Gasteiger partial charge on any atom is 0.240 e. The maximum absolute atomic E-state index is 13.8. The van der Waals surface area contributed by atoms with Crippen LogP contribution in [0.25, 0.3) is 5.69 Å². The van der Waals surface area contributed by atoms with Crippen molar-refractivity contribution in [3.8, 4) is 5.69 Å². The first-order valence-corrected chi connectivity index (χ1v) is 13.8. The van der Waals surface area contributed by atoms with E-state index in [1.165, 1.54) is 28.8 Å². The smallest absolute Gasteiger partial charge is 0.240 e. The van der Waals surface area contributed by atoms with Crippen molar-refractivity contribution in [2.45, 2.75) is 38.0 Å². The number of rotatable bonds is 6. The number of fused-ring (bicyclic) bond motifs is 1. The zero-order valence-electron chi connectivity index (χ0n) is 20.7. The molecule has 192 valence electrons. The Balaban J connectivity index is 1.65. The predicted octanol–water partition coefficient (Wildman–Crippen LogP) is 5.45. The largest absolute Gasteiger partial charge is 0.467 e. The number of thioether (sulfide) groups is 1. The number of nitrogens with one attached hydrogen (secondary N) is 1. The molecule has 4 aromatic rings. The van der Waals surface area contributed by atoms with Gasteiger partial charge in [-0.2, -0.15) is 16.4 Å². The Bertz CT molecular complexity index is 1390. The number of benzene rings is 1. The molecule has 1 N–H and O–H groups in total. The van der Waals surface area contributed by atoms with Gasteiger partial charge in [0, 0.05) is 11.0 Å². The summed E-state index contributed by atoms with van der Waals surface area (Å²) in [5, 5.41) is 11.8. The van der Waals surface area contributed by atoms with Crippen molar-refractivity contribution in [1.82, 2.24) is 15.1 Å². The average Bonchev–Trinajstić information content (AvgIpc) is 3.62. The second-order valence-corrected chi connectivity index (χ2v) is 11.7. The molecule has 37 heavy (non-hydrogen) atoms. The first-order chi connectivity index (χ1) is 17.7. The van der Waals surface area contributed by atoms with Crippen molar-refractivity contribution in [2.75, 3.05) is 17.2 Å². The Morgan fingerprint density at radius 1 is 1.22 bits per heavy atom. The van der Waals surface area contributed by atoms with Gasteiger partial charge in [0.25, 0.3) is 0 Å². The molecule has 1 aromatic carbocycles. The summed E-state index contributed by atoms with van der Waals surface area (Å²) in [4.78, 5) is 28.1. The van der Waals surface area contributed by atoms with E-state index in [0.29, 0.717) is 17.3 Å². The monoisotopic (exact) mass is 538 g/mol. The molecule has 3 aromatic heterocycles. The van der Waals surface area contributed by atoms with Crippen LogP contribution in [0.2, 0.25) is 0 Å². The van der Waals surface area contributed by atoms with E-state index >= 15 is 0 Å². The van der Waals surface area contributed by atoms with Gasteiger partial charge < -0.3 is 9.73 Å². The summed E-state index contributed by atoms with van der Waals surface area (Å²) in [6, 6.07) is 11.6. The molecular formula is C27H27FN4O3S2. The van der Waals surface area contributed by atoms with Gasteiger partial charge in [0.15, 0.2) is 0 Å². The topological polar surface area (TPSA) is 80.4 Å². The molecule has 0 bridgehead atoms. The van der Waals surface area contributed by atoms with Crippen LogP contribution in [0.1, 0.15) is 48.6 Å². The summed E-state index contributed by atoms with van der Waals surface area (Å²) < 4.78 is 20.8. The van der Waals surface area contributed by atoms with E-state index in [2.05, 4.69) is 37.5 Å². The van der Waals surface area contributed by atoms with Crippen LogP contribution < -0.4 is 10.2 Å². The highest BCUT2D eigenvalue weighted by Crippen LogP contribution is 2.48. The molecule has 0 saturated heterocycles. The fourth-order valence-corrected chi connectivity index (χ4v) is 6.28. The van der Waals surface area contributed by atoms with E-state index in [0.717, 1.165) is 16.8 Å². The van der Waals surface area contributed by atoms with E-state index in [-0.39, 0.29) is 47.1 Å². The summed E-state index contributed by atoms with van der Waals surface area (Å²) in [6.07, 6.45) is 1.54. The van der Waals surface area contributed by atoms with Crippen molar-refractivity contribution in [3.63, 3.8) is 0 Å². The number of amides is 2. The second kappa shape index (κ2) is 10.2. The van der Waals surface area contributed by atoms with Gasteiger partial charge in [-0.25, -0.2) is 9.07 Å². The number of furan rings is 1. The Hall–Kier alpha value is -3.37. The number of carbonyl (C=O) groups is 2. The lowest BCUT2D eigenvalue weighted by molar-refractivity contribution is -0.123. The molecule has 5 rings (SSSR count). The van der Waals surface area contributed by atoms with Gasteiger partial charge in [-0.05, 0) is 58.8 Å². The molecule has 1 atom stereocenters. The summed E-state index contributed by atoms with van der Waals surface area (Å²) in [6.45, 7) is 6.27. The zero-order valence-corrected chi connectivity index (χ0v) is 22.4. The number of hydrogen-bond donors (Lipinski definition) is 1. The molecule has 0 spiro atoms. The highest BCUT2D eigenvalue weighted by atomic mass is 32.2. The Morgan fingerprint density at radius 2 is 2.00 bits per heavy atom. The Morgan fingerprint density at radius 3 is 2.65 bits per heavy atom. The third-order valence-electron chi connectivity index (χ3n) is 6.06. The van der Waals surface area contributed by atoms with Crippen LogP contribution in [0.3, 0.4) is 0 Å². The first kappa shape index (κ1) is 25.3. The van der Waals surface area contributed by atoms with E-state index in [9.17, 15) is 14.0 Å². The number of hydrogen-bond acceptors (Lipinski definition) is 6. The van der Waals surface area contributed by atoms with Crippen molar-refractivity contribution in [3.05, 3.63) is 87.9 Å². The third kappa shape index (κ3) is 5.21. The molecule has 0 saturated carbocycles. The Kier molecular flexibility index (Phi) is 6.96. The first-order valence-electron chi connectivity index (χ1n) is 11.8. The lowest BCUT2D eigenvalue weighted by Crippen LogP contribution is -2.42. The minimum atomic E-state index is -0.366. The second-order valence-electron chi connectivity index (χ2n) is 9.81. The number of carbonyl (C=O) groups excluding carboxylic acids is 2. The molecule has 2 amide bonds. The molecular weight excluding hydrogens is 511 g/mol. The van der Waals surface area contributed by atoms with Crippen LogP contribution in [0.15, 0.2) is 63.9 Å². The quantitative estimate of drug-likeness (QED) is 0.353. The van der Waals surface area contributed by atoms with Gasteiger partial charge in [0.1, 0.15) is 23.9 Å². The minimum Gasteiger partial charge on any atom is -0.467 e. The molecule has 1 aliphatic heterocycles. The third-order valence-corrected chi connectivity index (χ3v) is 8.01. The summed E-state index contributed by atoms with van der Waals surface area (Å²) in [5.74, 6) is 0.481. The van der Waals surface area contributed by atoms with E-state index in [1.54, 1.807) is 46.5 Å². The number of aromatic nitrogens is 2. The van der Waals surface area contributed by atoms with Crippen LogP contribution in [-0.4, -0.2) is 33.9 Å². The highest BCUT2D eigenvalue weighted by Gasteiger charge is 2.40. The van der Waals surface area contributed by atoms with Crippen molar-refractivity contribution in [1.29, 1.82) is 0 Å². The summed E-state index contributed by atoms with van der Waals surface area (Å²) in [7, 11) is 0. The van der Waals surface area contributed by atoms with Crippen LogP contribution in [-0.2, 0) is 21.5 Å². The molecule has 4 heterocycles. The molecule has 1 unspecified atom stereocenters.